The minimum atomic E-state index is 0.131. The summed E-state index contributed by atoms with van der Waals surface area (Å²) in [6.45, 7) is 4.16. The molecule has 0 saturated heterocycles. The zero-order chi connectivity index (χ0) is 18.0. The molecule has 0 radical (unpaired) electrons. The van der Waals surface area contributed by atoms with Gasteiger partial charge < -0.3 is 0 Å². The van der Waals surface area contributed by atoms with Crippen LogP contribution >= 0.6 is 46.6 Å². The second-order valence-corrected chi connectivity index (χ2v) is 7.97. The maximum absolute atomic E-state index is 6.39. The van der Waals surface area contributed by atoms with Crippen molar-refractivity contribution in [3.05, 3.63) is 68.5 Å². The Labute approximate surface area is 166 Å². The molecule has 3 rings (SSSR count). The van der Waals surface area contributed by atoms with E-state index >= 15 is 0 Å². The molecule has 0 aliphatic rings. The van der Waals surface area contributed by atoms with Crippen LogP contribution in [0.5, 0.6) is 0 Å². The van der Waals surface area contributed by atoms with Crippen molar-refractivity contribution in [1.29, 1.82) is 0 Å². The van der Waals surface area contributed by atoms with Crippen LogP contribution in [-0.2, 0) is 0 Å². The minimum Gasteiger partial charge on any atom is -0.281 e. The zero-order valence-corrected chi connectivity index (χ0v) is 16.8. The topological polar surface area (TPSA) is 41.6 Å². The molecule has 1 atom stereocenters. The highest BCUT2D eigenvalue weighted by molar-refractivity contribution is 7.99. The molecule has 0 bridgehead atoms. The molecule has 1 unspecified atom stereocenters. The molecule has 2 heterocycles. The monoisotopic (exact) mass is 411 g/mol. The van der Waals surface area contributed by atoms with Gasteiger partial charge in [-0.25, -0.2) is 0 Å². The Kier molecular flexibility index (Phi) is 5.95. The van der Waals surface area contributed by atoms with Crippen LogP contribution in [0.1, 0.15) is 36.1 Å². The number of benzene rings is 1. The summed E-state index contributed by atoms with van der Waals surface area (Å²) in [7, 11) is 0. The van der Waals surface area contributed by atoms with Gasteiger partial charge in [0.25, 0.3) is 0 Å². The average molecular weight is 413 g/mol. The lowest BCUT2D eigenvalue weighted by Gasteiger charge is -2.18. The lowest BCUT2D eigenvalue weighted by atomic mass is 9.90. The molecule has 1 aromatic carbocycles. The predicted octanol–water partition coefficient (Wildman–Crippen LogP) is 6.77. The highest BCUT2D eigenvalue weighted by Crippen LogP contribution is 2.41. The highest BCUT2D eigenvalue weighted by atomic mass is 35.5. The van der Waals surface area contributed by atoms with Gasteiger partial charge >= 0.3 is 0 Å². The molecule has 0 saturated carbocycles. The summed E-state index contributed by atoms with van der Waals surface area (Å²) in [5.41, 5.74) is 3.21. The number of pyridine rings is 1. The van der Waals surface area contributed by atoms with E-state index in [-0.39, 0.29) is 5.92 Å². The highest BCUT2D eigenvalue weighted by Gasteiger charge is 2.23. The first-order chi connectivity index (χ1) is 12.0. The standard InChI is InChI=1S/C18H16Cl3N3S/c1-3-14(15-4-5-22-9-16(15)21)17-10(2)23-24-18(17)25-13-7-11(19)6-12(20)8-13/h4-9,14H,3H2,1-2H3,(H,23,24). The van der Waals surface area contributed by atoms with Crippen LogP contribution in [0.3, 0.4) is 0 Å². The summed E-state index contributed by atoms with van der Waals surface area (Å²) in [5.74, 6) is 0.131. The minimum absolute atomic E-state index is 0.131. The first kappa shape index (κ1) is 18.6. The summed E-state index contributed by atoms with van der Waals surface area (Å²) < 4.78 is 0. The fraction of sp³-hybridized carbons (Fsp3) is 0.222. The SMILES string of the molecule is CCC(c1ccncc1Cl)c1c(Sc2cc(Cl)cc(Cl)c2)n[nH]c1C. The number of aromatic amines is 1. The Morgan fingerprint density at radius 2 is 1.88 bits per heavy atom. The molecule has 130 valence electrons. The quantitative estimate of drug-likeness (QED) is 0.503. The Hall–Kier alpha value is -1.20. The molecular formula is C18H16Cl3N3S. The van der Waals surface area contributed by atoms with Crippen molar-refractivity contribution in [2.75, 3.05) is 0 Å². The Morgan fingerprint density at radius 1 is 1.16 bits per heavy atom. The van der Waals surface area contributed by atoms with Crippen molar-refractivity contribution >= 4 is 46.6 Å². The Bertz CT molecular complexity index is 875. The third-order valence-corrected chi connectivity index (χ3v) is 5.67. The molecule has 0 amide bonds. The molecule has 0 aliphatic carbocycles. The average Bonchev–Trinajstić information content (AvgIpc) is 2.90. The lowest BCUT2D eigenvalue weighted by molar-refractivity contribution is 0.754. The third kappa shape index (κ3) is 4.14. The van der Waals surface area contributed by atoms with Gasteiger partial charge in [-0.2, -0.15) is 5.10 Å². The summed E-state index contributed by atoms with van der Waals surface area (Å²) in [6.07, 6.45) is 4.34. The van der Waals surface area contributed by atoms with Gasteiger partial charge in [0, 0.05) is 44.5 Å². The van der Waals surface area contributed by atoms with Gasteiger partial charge in [0.15, 0.2) is 0 Å². The van der Waals surface area contributed by atoms with Gasteiger partial charge in [-0.15, -0.1) is 0 Å². The molecule has 2 aromatic heterocycles. The number of hydrogen-bond acceptors (Lipinski definition) is 3. The van der Waals surface area contributed by atoms with E-state index in [0.29, 0.717) is 15.1 Å². The molecule has 3 aromatic rings. The van der Waals surface area contributed by atoms with E-state index in [1.807, 2.05) is 25.1 Å². The molecule has 7 heteroatoms. The Balaban J connectivity index is 2.02. The maximum Gasteiger partial charge on any atom is 0.127 e. The third-order valence-electron chi connectivity index (χ3n) is 3.95. The van der Waals surface area contributed by atoms with Gasteiger partial charge in [-0.05, 0) is 43.2 Å². The van der Waals surface area contributed by atoms with Crippen LogP contribution in [-0.4, -0.2) is 15.2 Å². The van der Waals surface area contributed by atoms with E-state index in [0.717, 1.165) is 33.2 Å². The van der Waals surface area contributed by atoms with E-state index in [9.17, 15) is 0 Å². The van der Waals surface area contributed by atoms with Crippen LogP contribution in [0.15, 0.2) is 46.6 Å². The van der Waals surface area contributed by atoms with Crippen LogP contribution in [0.2, 0.25) is 15.1 Å². The summed E-state index contributed by atoms with van der Waals surface area (Å²) in [5, 5.41) is 10.4. The molecule has 1 N–H and O–H groups in total. The van der Waals surface area contributed by atoms with E-state index < -0.39 is 0 Å². The number of aromatic nitrogens is 3. The molecule has 0 fully saturated rings. The molecular weight excluding hydrogens is 397 g/mol. The predicted molar refractivity (Wildman–Crippen MR) is 105 cm³/mol. The zero-order valence-electron chi connectivity index (χ0n) is 13.7. The fourth-order valence-corrected chi connectivity index (χ4v) is 4.85. The number of H-pyrrole nitrogens is 1. The number of aryl methyl sites for hydroxylation is 1. The summed E-state index contributed by atoms with van der Waals surface area (Å²) in [6, 6.07) is 7.45. The maximum atomic E-state index is 6.39. The molecule has 3 nitrogen and oxygen atoms in total. The van der Waals surface area contributed by atoms with Crippen LogP contribution < -0.4 is 0 Å². The Morgan fingerprint density at radius 3 is 2.52 bits per heavy atom. The summed E-state index contributed by atoms with van der Waals surface area (Å²) >= 11 is 20.2. The molecule has 0 aliphatic heterocycles. The normalized spacial score (nSPS) is 12.4. The largest absolute Gasteiger partial charge is 0.281 e. The lowest BCUT2D eigenvalue weighted by Crippen LogP contribution is -2.03. The van der Waals surface area contributed by atoms with Gasteiger partial charge in [0.05, 0.1) is 5.02 Å². The van der Waals surface area contributed by atoms with Gasteiger partial charge in [0.2, 0.25) is 0 Å². The fourth-order valence-electron chi connectivity index (χ4n) is 2.85. The van der Waals surface area contributed by atoms with Gasteiger partial charge in [-0.1, -0.05) is 53.5 Å². The van der Waals surface area contributed by atoms with Gasteiger partial charge in [0.1, 0.15) is 5.03 Å². The van der Waals surface area contributed by atoms with Crippen molar-refractivity contribution in [2.45, 2.75) is 36.1 Å². The van der Waals surface area contributed by atoms with Crippen molar-refractivity contribution in [2.24, 2.45) is 0 Å². The van der Waals surface area contributed by atoms with Crippen LogP contribution in [0, 0.1) is 6.92 Å². The number of nitrogens with zero attached hydrogens (tertiary/aromatic N) is 2. The van der Waals surface area contributed by atoms with E-state index in [4.69, 9.17) is 34.8 Å². The summed E-state index contributed by atoms with van der Waals surface area (Å²) in [4.78, 5) is 5.03. The molecule has 25 heavy (non-hydrogen) atoms. The van der Waals surface area contributed by atoms with Crippen LogP contribution in [0.4, 0.5) is 0 Å². The number of hydrogen-bond donors (Lipinski definition) is 1. The van der Waals surface area contributed by atoms with Gasteiger partial charge in [-0.3, -0.25) is 10.1 Å². The van der Waals surface area contributed by atoms with Crippen LogP contribution in [0.25, 0.3) is 0 Å². The van der Waals surface area contributed by atoms with E-state index in [2.05, 4.69) is 22.1 Å². The number of halogens is 3. The van der Waals surface area contributed by atoms with Crippen molar-refractivity contribution in [1.82, 2.24) is 15.2 Å². The van der Waals surface area contributed by atoms with Crippen molar-refractivity contribution in [3.8, 4) is 0 Å². The molecule has 0 spiro atoms. The van der Waals surface area contributed by atoms with Crippen molar-refractivity contribution < 1.29 is 0 Å². The number of nitrogens with one attached hydrogen (secondary N) is 1. The van der Waals surface area contributed by atoms with E-state index in [1.54, 1.807) is 18.5 Å². The second-order valence-electron chi connectivity index (χ2n) is 5.63. The second kappa shape index (κ2) is 8.00. The van der Waals surface area contributed by atoms with Crippen molar-refractivity contribution in [3.63, 3.8) is 0 Å². The number of rotatable bonds is 5. The first-order valence-corrected chi connectivity index (χ1v) is 9.72. The smallest absolute Gasteiger partial charge is 0.127 e. The van der Waals surface area contributed by atoms with E-state index in [1.165, 1.54) is 11.8 Å². The first-order valence-electron chi connectivity index (χ1n) is 7.77.